The first-order valence-electron chi connectivity index (χ1n) is 9.05. The lowest BCUT2D eigenvalue weighted by Gasteiger charge is -2.07. The number of methoxy groups -OCH3 is 1. The Bertz CT molecular complexity index is 938. The summed E-state index contributed by atoms with van der Waals surface area (Å²) >= 11 is 1.80. The van der Waals surface area contributed by atoms with E-state index in [4.69, 9.17) is 9.15 Å². The van der Waals surface area contributed by atoms with Crippen molar-refractivity contribution in [3.8, 4) is 5.75 Å². The summed E-state index contributed by atoms with van der Waals surface area (Å²) < 4.78 is 10.8. The zero-order chi connectivity index (χ0) is 19.9. The monoisotopic (exact) mass is 397 g/mol. The van der Waals surface area contributed by atoms with Crippen LogP contribution in [-0.4, -0.2) is 29.0 Å². The van der Waals surface area contributed by atoms with E-state index in [2.05, 4.69) is 34.6 Å². The summed E-state index contributed by atoms with van der Waals surface area (Å²) in [5.41, 5.74) is 2.95. The van der Waals surface area contributed by atoms with Gasteiger partial charge in [-0.15, -0.1) is 16.9 Å². The molecular formula is C21H23N3O3S. The number of rotatable bonds is 8. The molecule has 1 aromatic heterocycles. The van der Waals surface area contributed by atoms with Gasteiger partial charge in [0.1, 0.15) is 5.75 Å². The number of hydrogen-bond donors (Lipinski definition) is 1. The fourth-order valence-corrected chi connectivity index (χ4v) is 3.48. The Morgan fingerprint density at radius 3 is 2.57 bits per heavy atom. The Morgan fingerprint density at radius 2 is 1.89 bits per heavy atom. The molecule has 28 heavy (non-hydrogen) atoms. The minimum Gasteiger partial charge on any atom is -0.496 e. The van der Waals surface area contributed by atoms with E-state index in [0.717, 1.165) is 28.2 Å². The van der Waals surface area contributed by atoms with E-state index < -0.39 is 0 Å². The van der Waals surface area contributed by atoms with Crippen molar-refractivity contribution < 1.29 is 13.9 Å². The van der Waals surface area contributed by atoms with Crippen LogP contribution in [0.1, 0.15) is 29.5 Å². The lowest BCUT2D eigenvalue weighted by atomic mass is 10.1. The normalized spacial score (nSPS) is 10.7. The summed E-state index contributed by atoms with van der Waals surface area (Å²) in [5, 5.41) is 10.6. The highest BCUT2D eigenvalue weighted by molar-refractivity contribution is 7.99. The van der Waals surface area contributed by atoms with E-state index in [1.165, 1.54) is 4.90 Å². The van der Waals surface area contributed by atoms with Crippen LogP contribution in [0.15, 0.2) is 51.8 Å². The zero-order valence-corrected chi connectivity index (χ0v) is 17.0. The maximum atomic E-state index is 12.2. The summed E-state index contributed by atoms with van der Waals surface area (Å²) in [6, 6.07) is 14.0. The van der Waals surface area contributed by atoms with Gasteiger partial charge >= 0.3 is 6.01 Å². The number of amides is 1. The molecule has 1 N–H and O–H groups in total. The third kappa shape index (κ3) is 5.36. The average molecular weight is 398 g/mol. The minimum atomic E-state index is -0.208. The number of anilines is 1. The Kier molecular flexibility index (Phi) is 6.71. The SMILES string of the molecule is CCSc1ccc(Cc2nnc(NC(=O)Cc3ccc(OC)c(C)c3)o2)cc1. The maximum Gasteiger partial charge on any atom is 0.322 e. The molecule has 0 saturated heterocycles. The van der Waals surface area contributed by atoms with Gasteiger partial charge in [0.25, 0.3) is 0 Å². The second-order valence-electron chi connectivity index (χ2n) is 6.28. The lowest BCUT2D eigenvalue weighted by Crippen LogP contribution is -2.14. The molecule has 7 heteroatoms. The van der Waals surface area contributed by atoms with Crippen molar-refractivity contribution in [2.24, 2.45) is 0 Å². The van der Waals surface area contributed by atoms with E-state index in [-0.39, 0.29) is 18.3 Å². The van der Waals surface area contributed by atoms with Gasteiger partial charge in [-0.1, -0.05) is 36.3 Å². The van der Waals surface area contributed by atoms with Gasteiger partial charge < -0.3 is 9.15 Å². The van der Waals surface area contributed by atoms with Crippen molar-refractivity contribution in [3.63, 3.8) is 0 Å². The van der Waals surface area contributed by atoms with Crippen LogP contribution in [0.25, 0.3) is 0 Å². The van der Waals surface area contributed by atoms with E-state index in [1.54, 1.807) is 18.9 Å². The molecule has 3 rings (SSSR count). The number of carbonyl (C=O) groups is 1. The fourth-order valence-electron chi connectivity index (χ4n) is 2.82. The molecule has 0 aliphatic carbocycles. The number of aryl methyl sites for hydroxylation is 1. The Morgan fingerprint density at radius 1 is 1.14 bits per heavy atom. The van der Waals surface area contributed by atoms with E-state index >= 15 is 0 Å². The van der Waals surface area contributed by atoms with E-state index in [9.17, 15) is 4.79 Å². The second-order valence-corrected chi connectivity index (χ2v) is 7.62. The van der Waals surface area contributed by atoms with Gasteiger partial charge in [-0.2, -0.15) is 0 Å². The average Bonchev–Trinajstić information content (AvgIpc) is 3.10. The van der Waals surface area contributed by atoms with Crippen LogP contribution in [0.5, 0.6) is 5.75 Å². The van der Waals surface area contributed by atoms with Crippen molar-refractivity contribution in [3.05, 3.63) is 65.0 Å². The highest BCUT2D eigenvalue weighted by Gasteiger charge is 2.12. The molecule has 0 radical (unpaired) electrons. The smallest absolute Gasteiger partial charge is 0.322 e. The minimum absolute atomic E-state index is 0.114. The lowest BCUT2D eigenvalue weighted by molar-refractivity contribution is -0.115. The van der Waals surface area contributed by atoms with Gasteiger partial charge in [-0.05, 0) is 47.6 Å². The molecule has 0 bridgehead atoms. The summed E-state index contributed by atoms with van der Waals surface area (Å²) in [6.07, 6.45) is 0.747. The molecule has 146 valence electrons. The van der Waals surface area contributed by atoms with Crippen LogP contribution in [0, 0.1) is 6.92 Å². The van der Waals surface area contributed by atoms with Crippen LogP contribution in [0.4, 0.5) is 6.01 Å². The number of thioether (sulfide) groups is 1. The Balaban J connectivity index is 1.56. The third-order valence-electron chi connectivity index (χ3n) is 4.13. The van der Waals surface area contributed by atoms with Gasteiger partial charge in [0, 0.05) is 4.90 Å². The molecule has 0 spiro atoms. The number of benzene rings is 2. The highest BCUT2D eigenvalue weighted by atomic mass is 32.2. The molecule has 0 aliphatic heterocycles. The molecule has 1 heterocycles. The van der Waals surface area contributed by atoms with Crippen LogP contribution >= 0.6 is 11.8 Å². The maximum absolute atomic E-state index is 12.2. The fraction of sp³-hybridized carbons (Fsp3) is 0.286. The summed E-state index contributed by atoms with van der Waals surface area (Å²) in [4.78, 5) is 13.5. The quantitative estimate of drug-likeness (QED) is 0.572. The van der Waals surface area contributed by atoms with E-state index in [1.807, 2.05) is 37.3 Å². The Hall–Kier alpha value is -2.80. The molecule has 0 atom stereocenters. The molecule has 2 aromatic carbocycles. The predicted octanol–water partition coefficient (Wildman–Crippen LogP) is 4.27. The largest absolute Gasteiger partial charge is 0.496 e. The number of aromatic nitrogens is 2. The van der Waals surface area contributed by atoms with Gasteiger partial charge in [-0.25, -0.2) is 0 Å². The van der Waals surface area contributed by atoms with Crippen LogP contribution in [0.2, 0.25) is 0 Å². The molecular weight excluding hydrogens is 374 g/mol. The molecule has 0 unspecified atom stereocenters. The van der Waals surface area contributed by atoms with Gasteiger partial charge in [0.05, 0.1) is 20.0 Å². The summed E-state index contributed by atoms with van der Waals surface area (Å²) in [6.45, 7) is 4.07. The number of hydrogen-bond acceptors (Lipinski definition) is 6. The Labute approximate surface area is 168 Å². The molecule has 6 nitrogen and oxygen atoms in total. The van der Waals surface area contributed by atoms with Crippen molar-refractivity contribution >= 4 is 23.7 Å². The number of nitrogens with zero attached hydrogens (tertiary/aromatic N) is 2. The van der Waals surface area contributed by atoms with Crippen LogP contribution in [-0.2, 0) is 17.6 Å². The standard InChI is InChI=1S/C21H23N3O3S/c1-4-28-17-8-5-15(6-9-17)13-20-23-24-21(27-20)22-19(25)12-16-7-10-18(26-3)14(2)11-16/h5-11H,4,12-13H2,1-3H3,(H,22,24,25). The van der Waals surface area contributed by atoms with Gasteiger partial charge in [-0.3, -0.25) is 10.1 Å². The summed E-state index contributed by atoms with van der Waals surface area (Å²) in [7, 11) is 1.63. The van der Waals surface area contributed by atoms with Crippen molar-refractivity contribution in [2.45, 2.75) is 31.6 Å². The number of nitrogens with one attached hydrogen (secondary N) is 1. The first-order chi connectivity index (χ1) is 13.6. The first-order valence-corrected chi connectivity index (χ1v) is 10.0. The van der Waals surface area contributed by atoms with Crippen molar-refractivity contribution in [1.29, 1.82) is 0 Å². The molecule has 0 fully saturated rings. The van der Waals surface area contributed by atoms with Crippen molar-refractivity contribution in [2.75, 3.05) is 18.2 Å². The van der Waals surface area contributed by atoms with Crippen LogP contribution < -0.4 is 10.1 Å². The summed E-state index contributed by atoms with van der Waals surface area (Å²) in [5.74, 6) is 2.10. The number of carbonyl (C=O) groups excluding carboxylic acids is 1. The second kappa shape index (κ2) is 9.41. The van der Waals surface area contributed by atoms with Gasteiger partial charge in [0.15, 0.2) is 0 Å². The highest BCUT2D eigenvalue weighted by Crippen LogP contribution is 2.20. The topological polar surface area (TPSA) is 77.2 Å². The molecule has 0 aliphatic rings. The van der Waals surface area contributed by atoms with Crippen LogP contribution in [0.3, 0.4) is 0 Å². The number of ether oxygens (including phenoxy) is 1. The van der Waals surface area contributed by atoms with Crippen molar-refractivity contribution in [1.82, 2.24) is 10.2 Å². The molecule has 3 aromatic rings. The molecule has 1 amide bonds. The third-order valence-corrected chi connectivity index (χ3v) is 5.02. The predicted molar refractivity (Wildman–Crippen MR) is 110 cm³/mol. The zero-order valence-electron chi connectivity index (χ0n) is 16.2. The molecule has 0 saturated carbocycles. The van der Waals surface area contributed by atoms with Gasteiger partial charge in [0.2, 0.25) is 11.8 Å². The first kappa shape index (κ1) is 19.9. The van der Waals surface area contributed by atoms with E-state index in [0.29, 0.717) is 12.3 Å².